The molecule has 0 N–H and O–H groups in total. The third-order valence-corrected chi connectivity index (χ3v) is 10.9. The summed E-state index contributed by atoms with van der Waals surface area (Å²) in [6, 6.07) is 18.3. The Bertz CT molecular complexity index is 2060. The number of ether oxygens (including phenoxy) is 2. The maximum absolute atomic E-state index is 14.7. The van der Waals surface area contributed by atoms with Gasteiger partial charge in [-0.15, -0.1) is 0 Å². The third kappa shape index (κ3) is 17.1. The van der Waals surface area contributed by atoms with Gasteiger partial charge >= 0.3 is 24.3 Å². The molecule has 14 heteroatoms. The van der Waals surface area contributed by atoms with E-state index in [4.69, 9.17) is 0 Å². The Hall–Kier alpha value is -4.88. The van der Waals surface area contributed by atoms with E-state index in [0.717, 1.165) is 61.8 Å². The van der Waals surface area contributed by atoms with Gasteiger partial charge in [-0.3, -0.25) is 0 Å². The molecule has 0 aliphatic rings. The summed E-state index contributed by atoms with van der Waals surface area (Å²) in [7, 11) is 0. The molecule has 65 heavy (non-hydrogen) atoms. The molecule has 2 atom stereocenters. The number of benzene rings is 4. The van der Waals surface area contributed by atoms with Crippen LogP contribution in [0.1, 0.15) is 156 Å². The predicted molar refractivity (Wildman–Crippen MR) is 233 cm³/mol. The fourth-order valence-corrected chi connectivity index (χ4v) is 7.10. The molecule has 0 aliphatic carbocycles. The lowest BCUT2D eigenvalue weighted by molar-refractivity contribution is -0.206. The number of carbonyl (C=O) groups excluding carboxylic acids is 2. The zero-order valence-electron chi connectivity index (χ0n) is 37.5. The minimum absolute atomic E-state index is 0.0731. The average Bonchev–Trinajstić information content (AvgIpc) is 3.27. The fourth-order valence-electron chi connectivity index (χ4n) is 7.10. The minimum atomic E-state index is -4.78. The number of esters is 2. The van der Waals surface area contributed by atoms with Crippen molar-refractivity contribution < 1.29 is 63.0 Å². The topological polar surface area (TPSA) is 52.6 Å². The van der Waals surface area contributed by atoms with Gasteiger partial charge in [0.15, 0.2) is 35.5 Å². The van der Waals surface area contributed by atoms with Crippen LogP contribution in [0.4, 0.5) is 43.9 Å². The van der Waals surface area contributed by atoms with Crippen molar-refractivity contribution in [1.29, 1.82) is 0 Å². The van der Waals surface area contributed by atoms with Crippen LogP contribution in [0.5, 0.6) is 0 Å². The molecule has 2 unspecified atom stereocenters. The predicted octanol–water partition coefficient (Wildman–Crippen LogP) is 16.5. The van der Waals surface area contributed by atoms with Gasteiger partial charge in [0.25, 0.3) is 0 Å². The molecule has 4 rings (SSSR count). The quantitative estimate of drug-likeness (QED) is 0.0422. The molecule has 0 saturated heterocycles. The van der Waals surface area contributed by atoms with E-state index in [2.05, 4.69) is 23.3 Å². The summed E-state index contributed by atoms with van der Waals surface area (Å²) in [6.45, 7) is 7.03. The number of rotatable bonds is 23. The van der Waals surface area contributed by atoms with Crippen molar-refractivity contribution in [3.63, 3.8) is 0 Å². The number of unbranched alkanes of at least 4 members (excludes halogenated alkanes) is 10. The zero-order valence-corrected chi connectivity index (χ0v) is 37.5. The summed E-state index contributed by atoms with van der Waals surface area (Å²) in [6.07, 6.45) is 0.787. The van der Waals surface area contributed by atoms with E-state index in [1.807, 2.05) is 24.3 Å². The molecule has 358 valence electrons. The molecule has 0 spiro atoms. The van der Waals surface area contributed by atoms with Gasteiger partial charge in [-0.2, -0.15) is 26.3 Å². The van der Waals surface area contributed by atoms with Crippen LogP contribution in [-0.4, -0.2) is 36.5 Å². The Morgan fingerprint density at radius 1 is 0.446 bits per heavy atom. The van der Waals surface area contributed by atoms with Gasteiger partial charge < -0.3 is 9.47 Å². The van der Waals surface area contributed by atoms with Crippen LogP contribution in [0.15, 0.2) is 72.8 Å². The van der Waals surface area contributed by atoms with E-state index in [-0.39, 0.29) is 17.5 Å². The van der Waals surface area contributed by atoms with Crippen LogP contribution >= 0.6 is 0 Å². The summed E-state index contributed by atoms with van der Waals surface area (Å²) >= 11 is 0. The lowest BCUT2D eigenvalue weighted by atomic mass is 9.99. The molecule has 0 radical (unpaired) electrons. The van der Waals surface area contributed by atoms with E-state index >= 15 is 0 Å². The third-order valence-electron chi connectivity index (χ3n) is 10.9. The molecular weight excluding hydrogens is 867 g/mol. The standard InChI is InChI=1S/C26H31F5O2.C25H29F5O2/c1-3-5-6-7-8-9-11-18-12-14-19(15-13-18)20-16-17-21(24(28)23(20)27)25(32)33-22(10-4-2)26(29,30)31;1-3-5-6-7-8-9-10-17-11-13-18(14-12-17)19-15-16-20(23(27)22(19)26)24(31)32-21(4-2)25(28,29)30/h12-17,22H,3-11H2,1-2H3;11-16,21H,3-10H2,1-2H3. The summed E-state index contributed by atoms with van der Waals surface area (Å²) in [5, 5.41) is 0. The molecule has 0 bridgehead atoms. The fraction of sp³-hybridized carbons (Fsp3) is 0.490. The lowest BCUT2D eigenvalue weighted by Gasteiger charge is -2.20. The summed E-state index contributed by atoms with van der Waals surface area (Å²) in [4.78, 5) is 24.1. The molecule has 4 aromatic carbocycles. The molecule has 0 aromatic heterocycles. The van der Waals surface area contributed by atoms with Crippen molar-refractivity contribution in [3.05, 3.63) is 118 Å². The first-order valence-electron chi connectivity index (χ1n) is 22.6. The second kappa shape index (κ2) is 26.9. The smallest absolute Gasteiger partial charge is 0.425 e. The summed E-state index contributed by atoms with van der Waals surface area (Å²) in [5.41, 5.74) is 1.12. The first-order chi connectivity index (χ1) is 30.9. The van der Waals surface area contributed by atoms with Crippen LogP contribution in [0.3, 0.4) is 0 Å². The van der Waals surface area contributed by atoms with Crippen molar-refractivity contribution >= 4 is 11.9 Å². The van der Waals surface area contributed by atoms with Crippen molar-refractivity contribution in [3.8, 4) is 22.3 Å². The normalized spacial score (nSPS) is 12.6. The van der Waals surface area contributed by atoms with E-state index in [1.165, 1.54) is 77.3 Å². The van der Waals surface area contributed by atoms with E-state index in [0.29, 0.717) is 11.1 Å². The van der Waals surface area contributed by atoms with Crippen molar-refractivity contribution in [1.82, 2.24) is 0 Å². The van der Waals surface area contributed by atoms with Crippen LogP contribution in [0, 0.1) is 23.3 Å². The molecule has 0 amide bonds. The second-order valence-corrected chi connectivity index (χ2v) is 16.1. The number of alkyl halides is 6. The summed E-state index contributed by atoms with van der Waals surface area (Å²) in [5.74, 6) is -8.74. The molecule has 0 fully saturated rings. The maximum atomic E-state index is 14.7. The monoisotopic (exact) mass is 926 g/mol. The number of hydrogen-bond acceptors (Lipinski definition) is 4. The van der Waals surface area contributed by atoms with Gasteiger partial charge in [0, 0.05) is 11.1 Å². The Morgan fingerprint density at radius 2 is 0.800 bits per heavy atom. The van der Waals surface area contributed by atoms with Gasteiger partial charge in [0.1, 0.15) is 0 Å². The molecule has 4 aromatic rings. The van der Waals surface area contributed by atoms with Gasteiger partial charge in [-0.05, 0) is 72.9 Å². The van der Waals surface area contributed by atoms with Crippen LogP contribution < -0.4 is 0 Å². The second-order valence-electron chi connectivity index (χ2n) is 16.1. The highest BCUT2D eigenvalue weighted by Crippen LogP contribution is 2.32. The Balaban J connectivity index is 0.000000345. The molecule has 0 aliphatic heterocycles. The van der Waals surface area contributed by atoms with Crippen LogP contribution in [0.25, 0.3) is 22.3 Å². The number of carbonyl (C=O) groups is 2. The van der Waals surface area contributed by atoms with Crippen LogP contribution in [0.2, 0.25) is 0 Å². The Kier molecular flexibility index (Phi) is 22.6. The maximum Gasteiger partial charge on any atom is 0.425 e. The molecule has 0 saturated carbocycles. The first-order valence-corrected chi connectivity index (χ1v) is 22.6. The molecular formula is C51H60F10O4. The zero-order chi connectivity index (χ0) is 48.2. The number of hydrogen-bond donors (Lipinski definition) is 0. The molecule has 4 nitrogen and oxygen atoms in total. The highest BCUT2D eigenvalue weighted by molar-refractivity contribution is 5.91. The van der Waals surface area contributed by atoms with Gasteiger partial charge in [-0.25, -0.2) is 27.2 Å². The van der Waals surface area contributed by atoms with Gasteiger partial charge in [-0.1, -0.05) is 159 Å². The Morgan fingerprint density at radius 3 is 1.14 bits per heavy atom. The first kappa shape index (κ1) is 54.5. The minimum Gasteiger partial charge on any atom is -0.449 e. The largest absolute Gasteiger partial charge is 0.449 e. The van der Waals surface area contributed by atoms with Gasteiger partial charge in [0.2, 0.25) is 0 Å². The number of halogens is 10. The van der Waals surface area contributed by atoms with E-state index in [1.54, 1.807) is 24.3 Å². The van der Waals surface area contributed by atoms with Crippen molar-refractivity contribution in [2.75, 3.05) is 0 Å². The van der Waals surface area contributed by atoms with Crippen LogP contribution in [-0.2, 0) is 22.3 Å². The Labute approximate surface area is 376 Å². The number of aryl methyl sites for hydroxylation is 2. The van der Waals surface area contributed by atoms with E-state index < -0.39 is 83.7 Å². The van der Waals surface area contributed by atoms with Gasteiger partial charge in [0.05, 0.1) is 11.1 Å². The van der Waals surface area contributed by atoms with E-state index in [9.17, 15) is 53.5 Å². The highest BCUT2D eigenvalue weighted by atomic mass is 19.4. The average molecular weight is 927 g/mol. The van der Waals surface area contributed by atoms with Crippen molar-refractivity contribution in [2.24, 2.45) is 0 Å². The highest BCUT2D eigenvalue weighted by Gasteiger charge is 2.43. The lowest BCUT2D eigenvalue weighted by Crippen LogP contribution is -2.34. The SMILES string of the molecule is CCCCCCCCc1ccc(-c2ccc(C(=O)OC(CC)C(F)(F)F)c(F)c2F)cc1.CCCCCCCCc1ccc(-c2ccc(C(=O)OC(CCC)C(F)(F)F)c(F)c2F)cc1. The molecule has 0 heterocycles. The van der Waals surface area contributed by atoms with Crippen molar-refractivity contribution in [2.45, 2.75) is 161 Å². The summed E-state index contributed by atoms with van der Waals surface area (Å²) < 4.78 is 144.